The lowest BCUT2D eigenvalue weighted by Gasteiger charge is -2.38. The highest BCUT2D eigenvalue weighted by Crippen LogP contribution is 2.26. The van der Waals surface area contributed by atoms with Crippen LogP contribution >= 0.6 is 0 Å². The average Bonchev–Trinajstić information content (AvgIpc) is 3.25. The van der Waals surface area contributed by atoms with Crippen LogP contribution in [0.3, 0.4) is 0 Å². The second-order valence-electron chi connectivity index (χ2n) is 14.5. The molecule has 2 fully saturated rings. The fourth-order valence-corrected chi connectivity index (χ4v) is 8.52. The largest absolute Gasteiger partial charge is 0.480 e. The first-order valence-electron chi connectivity index (χ1n) is 19.3. The fraction of sp³-hybridized carbons (Fsp3) is 0.326. The van der Waals surface area contributed by atoms with Gasteiger partial charge in [-0.3, -0.25) is 14.5 Å². The molecule has 0 aromatic heterocycles. The molecule has 0 aliphatic carbocycles. The van der Waals surface area contributed by atoms with Crippen LogP contribution in [0.15, 0.2) is 114 Å². The van der Waals surface area contributed by atoms with E-state index in [9.17, 15) is 37.5 Å². The Kier molecular flexibility index (Phi) is 14.0. The van der Waals surface area contributed by atoms with E-state index in [0.717, 1.165) is 16.0 Å². The van der Waals surface area contributed by atoms with E-state index < -0.39 is 52.6 Å². The van der Waals surface area contributed by atoms with E-state index >= 15 is 0 Å². The molecule has 0 bridgehead atoms. The van der Waals surface area contributed by atoms with Gasteiger partial charge in [0.25, 0.3) is 15.9 Å². The molecule has 0 spiro atoms. The van der Waals surface area contributed by atoms with Gasteiger partial charge in [-0.25, -0.2) is 27.1 Å². The quantitative estimate of drug-likeness (QED) is 0.168. The standard InChI is InChI=1S/C43H47N5O10S/c1-30-12-18-36(19-13-30)59(55,56)48(40(50)38-27-44-22-25-47(38)43(54)58-29-33-10-6-3-7-11-33)37(41(51)52)26-31-14-16-35(17-15-31)45-39(49)34-20-23-46(24-21-34)42(53)57-28-32-8-4-2-5-9-32/h2-19,34,37-38,44H,20-29H2,1H3,(H,45,49)(H,51,52)/t37-,38?/m0/s1. The van der Waals surface area contributed by atoms with Crippen molar-refractivity contribution in [2.75, 3.05) is 38.0 Å². The molecule has 0 radical (unpaired) electrons. The summed E-state index contributed by atoms with van der Waals surface area (Å²) in [6, 6.07) is 26.8. The third kappa shape index (κ3) is 10.8. The Bertz CT molecular complexity index is 2200. The summed E-state index contributed by atoms with van der Waals surface area (Å²) in [5.41, 5.74) is 3.12. The second kappa shape index (κ2) is 19.5. The van der Waals surface area contributed by atoms with Gasteiger partial charge in [0, 0.05) is 50.7 Å². The van der Waals surface area contributed by atoms with Crippen molar-refractivity contribution in [3.05, 3.63) is 131 Å². The molecular formula is C43H47N5O10S. The van der Waals surface area contributed by atoms with Gasteiger partial charge in [-0.2, -0.15) is 0 Å². The number of amides is 4. The van der Waals surface area contributed by atoms with Crippen molar-refractivity contribution in [3.63, 3.8) is 0 Å². The lowest BCUT2D eigenvalue weighted by molar-refractivity contribution is -0.147. The van der Waals surface area contributed by atoms with Crippen LogP contribution in [-0.4, -0.2) is 102 Å². The second-order valence-corrected chi connectivity index (χ2v) is 16.3. The highest BCUT2D eigenvalue weighted by molar-refractivity contribution is 7.89. The monoisotopic (exact) mass is 825 g/mol. The molecule has 2 aliphatic rings. The van der Waals surface area contributed by atoms with Crippen molar-refractivity contribution in [2.45, 2.75) is 56.4 Å². The number of piperidine rings is 1. The number of nitrogens with one attached hydrogen (secondary N) is 2. The number of rotatable bonds is 13. The van der Waals surface area contributed by atoms with Crippen LogP contribution in [0.4, 0.5) is 15.3 Å². The normalized spacial score (nSPS) is 16.4. The molecule has 0 saturated carbocycles. The maximum Gasteiger partial charge on any atom is 0.410 e. The molecule has 2 saturated heterocycles. The SMILES string of the molecule is Cc1ccc(S(=O)(=O)N(C(=O)C2CNCCN2C(=O)OCc2ccccc2)[C@@H](Cc2ccc(NC(=O)C3CCN(C(=O)OCc4ccccc4)CC3)cc2)C(=O)O)cc1. The average molecular weight is 826 g/mol. The summed E-state index contributed by atoms with van der Waals surface area (Å²) < 4.78 is 40.0. The van der Waals surface area contributed by atoms with E-state index in [-0.39, 0.29) is 43.0 Å². The molecule has 6 rings (SSSR count). The Labute approximate surface area is 342 Å². The summed E-state index contributed by atoms with van der Waals surface area (Å²) in [6.45, 7) is 2.69. The molecule has 4 amide bonds. The zero-order chi connectivity index (χ0) is 41.9. The number of aryl methyl sites for hydroxylation is 1. The predicted molar refractivity (Wildman–Crippen MR) is 216 cm³/mol. The number of sulfonamides is 1. The highest BCUT2D eigenvalue weighted by Gasteiger charge is 2.46. The fourth-order valence-electron chi connectivity index (χ4n) is 6.95. The van der Waals surface area contributed by atoms with Gasteiger partial charge in [0.2, 0.25) is 5.91 Å². The molecule has 59 heavy (non-hydrogen) atoms. The molecule has 2 aliphatic heterocycles. The number of hydrogen-bond donors (Lipinski definition) is 3. The van der Waals surface area contributed by atoms with Crippen molar-refractivity contribution in [3.8, 4) is 0 Å². The number of ether oxygens (including phenoxy) is 2. The van der Waals surface area contributed by atoms with Gasteiger partial charge >= 0.3 is 18.2 Å². The van der Waals surface area contributed by atoms with Crippen molar-refractivity contribution in [1.82, 2.24) is 19.4 Å². The van der Waals surface area contributed by atoms with E-state index in [1.54, 1.807) is 60.4 Å². The molecule has 1 unspecified atom stereocenters. The maximum absolute atomic E-state index is 14.5. The maximum atomic E-state index is 14.5. The van der Waals surface area contributed by atoms with Crippen LogP contribution in [0, 0.1) is 12.8 Å². The number of likely N-dealkylation sites (tertiary alicyclic amines) is 1. The number of benzene rings is 4. The molecule has 16 heteroatoms. The van der Waals surface area contributed by atoms with E-state index in [1.165, 1.54) is 24.3 Å². The van der Waals surface area contributed by atoms with Gasteiger partial charge in [0.15, 0.2) is 0 Å². The van der Waals surface area contributed by atoms with Crippen LogP contribution in [0.1, 0.15) is 35.1 Å². The first-order chi connectivity index (χ1) is 28.4. The number of carboxylic acid groups (broad SMARTS) is 1. The first-order valence-corrected chi connectivity index (χ1v) is 20.8. The van der Waals surface area contributed by atoms with Gasteiger partial charge in [-0.05, 0) is 60.7 Å². The summed E-state index contributed by atoms with van der Waals surface area (Å²) >= 11 is 0. The van der Waals surface area contributed by atoms with Gasteiger partial charge in [0.1, 0.15) is 25.3 Å². The van der Waals surface area contributed by atoms with Crippen molar-refractivity contribution < 1.29 is 47.0 Å². The van der Waals surface area contributed by atoms with Crippen LogP contribution in [-0.2, 0) is 53.5 Å². The number of anilines is 1. The number of nitrogens with zero attached hydrogens (tertiary/aromatic N) is 3. The topological polar surface area (TPSA) is 192 Å². The minimum absolute atomic E-state index is 0.00772. The summed E-state index contributed by atoms with van der Waals surface area (Å²) in [5, 5.41) is 16.5. The smallest absolute Gasteiger partial charge is 0.410 e. The molecular weight excluding hydrogens is 779 g/mol. The third-order valence-electron chi connectivity index (χ3n) is 10.3. The Hall–Kier alpha value is -6.26. The van der Waals surface area contributed by atoms with E-state index in [4.69, 9.17) is 9.47 Å². The first kappa shape index (κ1) is 42.3. The minimum atomic E-state index is -4.79. The number of carbonyl (C=O) groups excluding carboxylic acids is 4. The van der Waals surface area contributed by atoms with Crippen LogP contribution in [0.25, 0.3) is 0 Å². The zero-order valence-corrected chi connectivity index (χ0v) is 33.4. The lowest BCUT2D eigenvalue weighted by atomic mass is 9.96. The lowest BCUT2D eigenvalue weighted by Crippen LogP contribution is -2.63. The minimum Gasteiger partial charge on any atom is -0.480 e. The summed E-state index contributed by atoms with van der Waals surface area (Å²) in [7, 11) is -4.79. The van der Waals surface area contributed by atoms with Crippen molar-refractivity contribution >= 4 is 45.7 Å². The van der Waals surface area contributed by atoms with Gasteiger partial charge in [0.05, 0.1) is 4.90 Å². The summed E-state index contributed by atoms with van der Waals surface area (Å²) in [6.07, 6.45) is -0.842. The van der Waals surface area contributed by atoms with Crippen LogP contribution in [0.5, 0.6) is 0 Å². The van der Waals surface area contributed by atoms with Crippen molar-refractivity contribution in [2.24, 2.45) is 5.92 Å². The van der Waals surface area contributed by atoms with Crippen LogP contribution < -0.4 is 10.6 Å². The number of piperazine rings is 1. The summed E-state index contributed by atoms with van der Waals surface area (Å²) in [5.74, 6) is -3.29. The molecule has 15 nitrogen and oxygen atoms in total. The third-order valence-corrected chi connectivity index (χ3v) is 12.1. The van der Waals surface area contributed by atoms with Crippen LogP contribution in [0.2, 0.25) is 0 Å². The molecule has 4 aromatic carbocycles. The Morgan fingerprint density at radius 1 is 0.780 bits per heavy atom. The predicted octanol–water partition coefficient (Wildman–Crippen LogP) is 4.81. The van der Waals surface area contributed by atoms with Crippen molar-refractivity contribution in [1.29, 1.82) is 0 Å². The summed E-state index contributed by atoms with van der Waals surface area (Å²) in [4.78, 5) is 69.1. The van der Waals surface area contributed by atoms with Gasteiger partial charge in [-0.1, -0.05) is 90.5 Å². The van der Waals surface area contributed by atoms with Gasteiger partial charge < -0.3 is 30.1 Å². The Morgan fingerprint density at radius 3 is 1.93 bits per heavy atom. The molecule has 4 aromatic rings. The van der Waals surface area contributed by atoms with E-state index in [0.29, 0.717) is 53.6 Å². The molecule has 2 heterocycles. The number of carboxylic acids is 1. The van der Waals surface area contributed by atoms with E-state index in [2.05, 4.69) is 10.6 Å². The Balaban J connectivity index is 1.14. The molecule has 3 N–H and O–H groups in total. The zero-order valence-electron chi connectivity index (χ0n) is 32.6. The van der Waals surface area contributed by atoms with Gasteiger partial charge in [-0.15, -0.1) is 0 Å². The Morgan fingerprint density at radius 2 is 1.36 bits per heavy atom. The number of aliphatic carboxylic acids is 1. The molecule has 310 valence electrons. The highest BCUT2D eigenvalue weighted by atomic mass is 32.2. The van der Waals surface area contributed by atoms with E-state index in [1.807, 2.05) is 36.4 Å². The molecule has 2 atom stereocenters. The number of hydrogen-bond acceptors (Lipinski definition) is 10. The number of carbonyl (C=O) groups is 5.